The van der Waals surface area contributed by atoms with Gasteiger partial charge in [-0.1, -0.05) is 29.3 Å². The Hall–Kier alpha value is -1.52. The second kappa shape index (κ2) is 5.35. The van der Waals surface area contributed by atoms with Gasteiger partial charge in [-0.3, -0.25) is 9.59 Å². The van der Waals surface area contributed by atoms with Crippen LogP contribution in [0.15, 0.2) is 23.9 Å². The number of allylic oxidation sites excluding steroid dienone is 2. The first kappa shape index (κ1) is 14.4. The molecule has 1 fully saturated rings. The number of ketones is 1. The van der Waals surface area contributed by atoms with E-state index in [-0.39, 0.29) is 36.2 Å². The van der Waals surface area contributed by atoms with E-state index in [2.05, 4.69) is 0 Å². The fourth-order valence-corrected chi connectivity index (χ4v) is 3.39. The fourth-order valence-electron chi connectivity index (χ4n) is 2.92. The number of fused-ring (bicyclic) bond motifs is 1. The lowest BCUT2D eigenvalue weighted by Crippen LogP contribution is -2.40. The van der Waals surface area contributed by atoms with Crippen LogP contribution < -0.4 is 0 Å². The van der Waals surface area contributed by atoms with Crippen molar-refractivity contribution in [3.8, 4) is 5.75 Å². The second-order valence-electron chi connectivity index (χ2n) is 5.28. The molecule has 0 radical (unpaired) electrons. The molecule has 21 heavy (non-hydrogen) atoms. The SMILES string of the molecule is O=C1CC(=O)N2CC[C@@H](c3c(O)ccc(Cl)c3Cl)C=C2C1. The smallest absolute Gasteiger partial charge is 0.234 e. The summed E-state index contributed by atoms with van der Waals surface area (Å²) >= 11 is 12.2. The number of hydrogen-bond donors (Lipinski definition) is 1. The highest BCUT2D eigenvalue weighted by Crippen LogP contribution is 2.42. The van der Waals surface area contributed by atoms with Gasteiger partial charge in [-0.2, -0.15) is 0 Å². The van der Waals surface area contributed by atoms with E-state index in [1.54, 1.807) is 11.0 Å². The Labute approximate surface area is 131 Å². The molecule has 1 saturated heterocycles. The lowest BCUT2D eigenvalue weighted by molar-refractivity contribution is -0.137. The van der Waals surface area contributed by atoms with Crippen molar-refractivity contribution in [2.24, 2.45) is 0 Å². The lowest BCUT2D eigenvalue weighted by Gasteiger charge is -2.35. The van der Waals surface area contributed by atoms with Crippen LogP contribution in [-0.2, 0) is 9.59 Å². The molecule has 1 aromatic carbocycles. The Balaban J connectivity index is 2.01. The lowest BCUT2D eigenvalue weighted by atomic mass is 9.88. The van der Waals surface area contributed by atoms with Crippen molar-refractivity contribution >= 4 is 34.9 Å². The first-order valence-corrected chi connectivity index (χ1v) is 7.42. The molecule has 4 nitrogen and oxygen atoms in total. The number of hydrogen-bond acceptors (Lipinski definition) is 3. The number of piperidine rings is 1. The molecule has 0 bridgehead atoms. The zero-order chi connectivity index (χ0) is 15.1. The molecule has 110 valence electrons. The number of phenolic OH excluding ortho intramolecular Hbond substituents is 1. The molecule has 0 spiro atoms. The van der Waals surface area contributed by atoms with E-state index in [1.165, 1.54) is 6.07 Å². The van der Waals surface area contributed by atoms with E-state index < -0.39 is 0 Å². The quantitative estimate of drug-likeness (QED) is 0.806. The number of carbonyl (C=O) groups excluding carboxylic acids is 2. The Morgan fingerprint density at radius 3 is 2.71 bits per heavy atom. The number of carbonyl (C=O) groups is 2. The molecule has 1 amide bonds. The Kier molecular flexibility index (Phi) is 3.68. The highest BCUT2D eigenvalue weighted by atomic mass is 35.5. The number of phenols is 1. The predicted octanol–water partition coefficient (Wildman–Crippen LogP) is 3.26. The average Bonchev–Trinajstić information content (AvgIpc) is 2.43. The summed E-state index contributed by atoms with van der Waals surface area (Å²) in [4.78, 5) is 25.1. The van der Waals surface area contributed by atoms with Crippen LogP contribution in [-0.4, -0.2) is 28.2 Å². The van der Waals surface area contributed by atoms with Gasteiger partial charge in [0.2, 0.25) is 5.91 Å². The van der Waals surface area contributed by atoms with Crippen LogP contribution >= 0.6 is 23.2 Å². The summed E-state index contributed by atoms with van der Waals surface area (Å²) in [5.74, 6) is -0.309. The minimum atomic E-state index is -0.155. The molecule has 1 N–H and O–H groups in total. The summed E-state index contributed by atoms with van der Waals surface area (Å²) in [6.45, 7) is 0.519. The molecule has 2 heterocycles. The third-order valence-electron chi connectivity index (χ3n) is 3.91. The maximum Gasteiger partial charge on any atom is 0.234 e. The largest absolute Gasteiger partial charge is 0.508 e. The minimum absolute atomic E-state index is 0.0226. The molecule has 2 aliphatic rings. The van der Waals surface area contributed by atoms with E-state index in [1.807, 2.05) is 6.08 Å². The number of rotatable bonds is 1. The molecular formula is C15H13Cl2NO3. The van der Waals surface area contributed by atoms with Crippen LogP contribution in [0.3, 0.4) is 0 Å². The van der Waals surface area contributed by atoms with Crippen LogP contribution in [0.1, 0.15) is 30.7 Å². The van der Waals surface area contributed by atoms with Crippen molar-refractivity contribution in [2.45, 2.75) is 25.2 Å². The van der Waals surface area contributed by atoms with Crippen LogP contribution in [0.25, 0.3) is 0 Å². The number of aromatic hydroxyl groups is 1. The first-order valence-electron chi connectivity index (χ1n) is 6.67. The van der Waals surface area contributed by atoms with Gasteiger partial charge in [0.25, 0.3) is 0 Å². The number of benzene rings is 1. The van der Waals surface area contributed by atoms with E-state index in [9.17, 15) is 14.7 Å². The molecule has 0 aliphatic carbocycles. The Bertz CT molecular complexity index is 669. The van der Waals surface area contributed by atoms with Gasteiger partial charge in [0, 0.05) is 30.1 Å². The fraction of sp³-hybridized carbons (Fsp3) is 0.333. The van der Waals surface area contributed by atoms with Crippen molar-refractivity contribution in [1.29, 1.82) is 0 Å². The molecule has 1 aromatic rings. The zero-order valence-corrected chi connectivity index (χ0v) is 12.6. The standard InChI is InChI=1S/C15H13Cl2NO3/c16-11-1-2-12(20)14(15(11)17)8-3-4-18-9(5-8)6-10(19)7-13(18)21/h1-2,5,8,20H,3-4,6-7H2/t8-/m1/s1. The third-order valence-corrected chi connectivity index (χ3v) is 4.73. The van der Waals surface area contributed by atoms with Gasteiger partial charge in [0.05, 0.1) is 16.5 Å². The maximum atomic E-state index is 11.8. The Morgan fingerprint density at radius 2 is 1.95 bits per heavy atom. The van der Waals surface area contributed by atoms with Crippen molar-refractivity contribution in [3.05, 3.63) is 39.5 Å². The summed E-state index contributed by atoms with van der Waals surface area (Å²) in [6, 6.07) is 3.05. The first-order chi connectivity index (χ1) is 9.97. The van der Waals surface area contributed by atoms with Crippen molar-refractivity contribution in [2.75, 3.05) is 6.54 Å². The van der Waals surface area contributed by atoms with Crippen LogP contribution in [0.4, 0.5) is 0 Å². The number of nitrogens with zero attached hydrogens (tertiary/aromatic N) is 1. The van der Waals surface area contributed by atoms with Crippen LogP contribution in [0.5, 0.6) is 5.75 Å². The van der Waals surface area contributed by atoms with Gasteiger partial charge in [0.1, 0.15) is 11.5 Å². The van der Waals surface area contributed by atoms with Crippen LogP contribution in [0, 0.1) is 0 Å². The third kappa shape index (κ3) is 2.54. The summed E-state index contributed by atoms with van der Waals surface area (Å²) in [5.41, 5.74) is 1.25. The summed E-state index contributed by atoms with van der Waals surface area (Å²) in [6.07, 6.45) is 2.71. The molecular weight excluding hydrogens is 313 g/mol. The summed E-state index contributed by atoms with van der Waals surface area (Å²) < 4.78 is 0. The molecule has 0 saturated carbocycles. The monoisotopic (exact) mass is 325 g/mol. The molecule has 0 aromatic heterocycles. The summed E-state index contributed by atoms with van der Waals surface area (Å²) in [7, 11) is 0. The topological polar surface area (TPSA) is 57.6 Å². The molecule has 2 aliphatic heterocycles. The van der Waals surface area contributed by atoms with Gasteiger partial charge < -0.3 is 10.0 Å². The summed E-state index contributed by atoms with van der Waals surface area (Å²) in [5, 5.41) is 10.7. The van der Waals surface area contributed by atoms with Gasteiger partial charge in [0.15, 0.2) is 0 Å². The van der Waals surface area contributed by atoms with Crippen molar-refractivity contribution < 1.29 is 14.7 Å². The van der Waals surface area contributed by atoms with Crippen molar-refractivity contribution in [1.82, 2.24) is 4.90 Å². The molecule has 3 rings (SSSR count). The maximum absolute atomic E-state index is 11.8. The second-order valence-corrected chi connectivity index (χ2v) is 6.07. The van der Waals surface area contributed by atoms with E-state index in [0.717, 1.165) is 0 Å². The van der Waals surface area contributed by atoms with Gasteiger partial charge in [-0.15, -0.1) is 0 Å². The molecule has 6 heteroatoms. The predicted molar refractivity (Wildman–Crippen MR) is 79.5 cm³/mol. The van der Waals surface area contributed by atoms with Crippen LogP contribution in [0.2, 0.25) is 10.0 Å². The van der Waals surface area contributed by atoms with Gasteiger partial charge >= 0.3 is 0 Å². The van der Waals surface area contributed by atoms with Crippen molar-refractivity contribution in [3.63, 3.8) is 0 Å². The minimum Gasteiger partial charge on any atom is -0.508 e. The number of amides is 1. The zero-order valence-electron chi connectivity index (χ0n) is 11.1. The average molecular weight is 326 g/mol. The van der Waals surface area contributed by atoms with E-state index in [0.29, 0.717) is 34.3 Å². The Morgan fingerprint density at radius 1 is 1.19 bits per heavy atom. The molecule has 0 unspecified atom stereocenters. The normalized spacial score (nSPS) is 22.1. The van der Waals surface area contributed by atoms with E-state index >= 15 is 0 Å². The van der Waals surface area contributed by atoms with Gasteiger partial charge in [-0.05, 0) is 18.6 Å². The highest BCUT2D eigenvalue weighted by molar-refractivity contribution is 6.42. The van der Waals surface area contributed by atoms with Gasteiger partial charge in [-0.25, -0.2) is 0 Å². The highest BCUT2D eigenvalue weighted by Gasteiger charge is 2.33. The number of halogens is 2. The van der Waals surface area contributed by atoms with E-state index in [4.69, 9.17) is 23.2 Å². The molecule has 1 atom stereocenters. The number of Topliss-reactive ketones (excluding diaryl/α,β-unsaturated/α-hetero) is 1.